The van der Waals surface area contributed by atoms with Gasteiger partial charge in [0, 0.05) is 8.59 Å². The molecule has 0 aliphatic heterocycles. The van der Waals surface area contributed by atoms with Gasteiger partial charge < -0.3 is 14.8 Å². The molecule has 0 radical (unpaired) electrons. The van der Waals surface area contributed by atoms with E-state index in [-0.39, 0.29) is 11.6 Å². The van der Waals surface area contributed by atoms with E-state index in [0.717, 1.165) is 3.57 Å². The van der Waals surface area contributed by atoms with Crippen molar-refractivity contribution in [3.63, 3.8) is 0 Å². The minimum absolute atomic E-state index is 0.284. The highest BCUT2D eigenvalue weighted by Gasteiger charge is 2.11. The molecule has 1 N–H and O–H groups in total. The second-order valence-corrected chi connectivity index (χ2v) is 6.56. The van der Waals surface area contributed by atoms with E-state index in [9.17, 15) is 9.59 Å². The van der Waals surface area contributed by atoms with Crippen LogP contribution in [0.4, 0.5) is 5.69 Å². The molecule has 5 nitrogen and oxygen atoms in total. The summed E-state index contributed by atoms with van der Waals surface area (Å²) in [7, 11) is 0. The van der Waals surface area contributed by atoms with Gasteiger partial charge in [0.05, 0.1) is 10.7 Å². The van der Waals surface area contributed by atoms with E-state index in [1.54, 1.807) is 24.3 Å². The van der Waals surface area contributed by atoms with Crippen LogP contribution in [-0.2, 0) is 14.3 Å². The van der Waals surface area contributed by atoms with Crippen molar-refractivity contribution < 1.29 is 19.1 Å². The van der Waals surface area contributed by atoms with Crippen LogP contribution < -0.4 is 10.1 Å². The maximum Gasteiger partial charge on any atom is 0.344 e. The first-order valence-electron chi connectivity index (χ1n) is 6.73. The normalized spacial score (nSPS) is 10.1. The molecule has 2 aromatic rings. The molecule has 2 aromatic carbocycles. The van der Waals surface area contributed by atoms with Crippen molar-refractivity contribution in [3.05, 3.63) is 56.1 Å². The van der Waals surface area contributed by atoms with E-state index >= 15 is 0 Å². The number of hydrogen-bond acceptors (Lipinski definition) is 4. The van der Waals surface area contributed by atoms with Crippen LogP contribution in [0.25, 0.3) is 0 Å². The first kappa shape index (κ1) is 18.8. The fraction of sp³-hybridized carbons (Fsp3) is 0.125. The van der Waals surface area contributed by atoms with Crippen LogP contribution >= 0.6 is 45.8 Å². The number of hydrogen-bond donors (Lipinski definition) is 1. The number of rotatable bonds is 6. The van der Waals surface area contributed by atoms with Gasteiger partial charge in [-0.2, -0.15) is 0 Å². The highest BCUT2D eigenvalue weighted by Crippen LogP contribution is 2.27. The molecule has 0 saturated carbocycles. The molecule has 0 unspecified atom stereocenters. The number of para-hydroxylation sites is 1. The number of nitrogens with one attached hydrogen (secondary N) is 1. The summed E-state index contributed by atoms with van der Waals surface area (Å²) >= 11 is 13.8. The number of halogens is 3. The SMILES string of the molecule is O=C(COC(=O)COc1ccc(Cl)cc1Cl)Nc1ccccc1I. The Bertz CT molecular complexity index is 755. The second-order valence-electron chi connectivity index (χ2n) is 4.55. The summed E-state index contributed by atoms with van der Waals surface area (Å²) in [6.45, 7) is -0.765. The average Bonchev–Trinajstić information content (AvgIpc) is 2.54. The number of carbonyl (C=O) groups excluding carboxylic acids is 2. The summed E-state index contributed by atoms with van der Waals surface area (Å²) in [5, 5.41) is 3.40. The number of ether oxygens (including phenoxy) is 2. The van der Waals surface area contributed by atoms with Crippen LogP contribution in [0.5, 0.6) is 5.75 Å². The Labute approximate surface area is 162 Å². The number of amides is 1. The predicted octanol–water partition coefficient (Wildman–Crippen LogP) is 4.16. The number of esters is 1. The fourth-order valence-corrected chi connectivity index (χ4v) is 2.65. The molecular weight excluding hydrogens is 468 g/mol. The maximum atomic E-state index is 11.8. The molecule has 0 aromatic heterocycles. The van der Waals surface area contributed by atoms with Crippen LogP contribution in [0.2, 0.25) is 10.0 Å². The van der Waals surface area contributed by atoms with Gasteiger partial charge in [-0.25, -0.2) is 4.79 Å². The van der Waals surface area contributed by atoms with Crippen LogP contribution in [0.15, 0.2) is 42.5 Å². The molecule has 0 atom stereocenters. The van der Waals surface area contributed by atoms with Gasteiger partial charge in [-0.3, -0.25) is 4.79 Å². The standard InChI is InChI=1S/C16H12Cl2INO4/c17-10-5-6-14(11(18)7-10)23-9-16(22)24-8-15(21)20-13-4-2-1-3-12(13)19/h1-7H,8-9H2,(H,20,21). The summed E-state index contributed by atoms with van der Waals surface area (Å²) in [6, 6.07) is 11.9. The molecule has 24 heavy (non-hydrogen) atoms. The monoisotopic (exact) mass is 479 g/mol. The predicted molar refractivity (Wildman–Crippen MR) is 101 cm³/mol. The van der Waals surface area contributed by atoms with Crippen LogP contribution in [-0.4, -0.2) is 25.1 Å². The van der Waals surface area contributed by atoms with Gasteiger partial charge in [0.1, 0.15) is 5.75 Å². The molecule has 8 heteroatoms. The Balaban J connectivity index is 1.76. The summed E-state index contributed by atoms with van der Waals surface area (Å²) in [6.07, 6.45) is 0. The summed E-state index contributed by atoms with van der Waals surface area (Å²) in [5.41, 5.74) is 0.656. The van der Waals surface area contributed by atoms with Crippen LogP contribution in [0.1, 0.15) is 0 Å². The molecule has 0 fully saturated rings. The summed E-state index contributed by atoms with van der Waals surface area (Å²) in [4.78, 5) is 23.4. The van der Waals surface area contributed by atoms with E-state index in [2.05, 4.69) is 27.9 Å². The molecular formula is C16H12Cl2INO4. The zero-order valence-electron chi connectivity index (χ0n) is 12.2. The quantitative estimate of drug-likeness (QED) is 0.499. The van der Waals surface area contributed by atoms with E-state index in [0.29, 0.717) is 16.5 Å². The molecule has 0 bridgehead atoms. The highest BCUT2D eigenvalue weighted by atomic mass is 127. The second kappa shape index (κ2) is 9.10. The van der Waals surface area contributed by atoms with Crippen molar-refractivity contribution in [2.45, 2.75) is 0 Å². The molecule has 0 saturated heterocycles. The van der Waals surface area contributed by atoms with Gasteiger partial charge in [-0.15, -0.1) is 0 Å². The van der Waals surface area contributed by atoms with Crippen LogP contribution in [0.3, 0.4) is 0 Å². The molecule has 126 valence electrons. The van der Waals surface area contributed by atoms with Gasteiger partial charge in [-0.05, 0) is 52.9 Å². The van der Waals surface area contributed by atoms with Crippen molar-refractivity contribution in [1.82, 2.24) is 0 Å². The summed E-state index contributed by atoms with van der Waals surface area (Å²) < 4.78 is 11.0. The Hall–Kier alpha value is -1.51. The van der Waals surface area contributed by atoms with Gasteiger partial charge >= 0.3 is 5.97 Å². The molecule has 1 amide bonds. The third-order valence-electron chi connectivity index (χ3n) is 2.75. The van der Waals surface area contributed by atoms with Gasteiger partial charge in [0.2, 0.25) is 0 Å². The maximum absolute atomic E-state index is 11.8. The van der Waals surface area contributed by atoms with Gasteiger partial charge in [-0.1, -0.05) is 35.3 Å². The lowest BCUT2D eigenvalue weighted by Gasteiger charge is -2.09. The van der Waals surface area contributed by atoms with E-state index in [4.69, 9.17) is 32.7 Å². The zero-order chi connectivity index (χ0) is 17.5. The van der Waals surface area contributed by atoms with Crippen molar-refractivity contribution >= 4 is 63.4 Å². The number of carbonyl (C=O) groups is 2. The molecule has 0 heterocycles. The Kier molecular flexibility index (Phi) is 7.14. The average molecular weight is 480 g/mol. The first-order valence-corrected chi connectivity index (χ1v) is 8.57. The lowest BCUT2D eigenvalue weighted by Crippen LogP contribution is -2.24. The lowest BCUT2D eigenvalue weighted by molar-refractivity contribution is -0.149. The zero-order valence-corrected chi connectivity index (χ0v) is 15.9. The number of benzene rings is 2. The van der Waals surface area contributed by atoms with E-state index < -0.39 is 18.5 Å². The molecule has 2 rings (SSSR count). The Morgan fingerprint density at radius 2 is 1.83 bits per heavy atom. The van der Waals surface area contributed by atoms with Gasteiger partial charge in [0.25, 0.3) is 5.91 Å². The lowest BCUT2D eigenvalue weighted by atomic mass is 10.3. The minimum atomic E-state index is -0.682. The van der Waals surface area contributed by atoms with Gasteiger partial charge in [0.15, 0.2) is 13.2 Å². The number of anilines is 1. The molecule has 0 spiro atoms. The third-order valence-corrected chi connectivity index (χ3v) is 4.22. The fourth-order valence-electron chi connectivity index (χ4n) is 1.67. The largest absolute Gasteiger partial charge is 0.480 e. The molecule has 0 aliphatic rings. The first-order chi connectivity index (χ1) is 11.5. The highest BCUT2D eigenvalue weighted by molar-refractivity contribution is 14.1. The Morgan fingerprint density at radius 1 is 1.08 bits per heavy atom. The van der Waals surface area contributed by atoms with Crippen molar-refractivity contribution in [2.75, 3.05) is 18.5 Å². The van der Waals surface area contributed by atoms with E-state index in [1.807, 2.05) is 12.1 Å². The van der Waals surface area contributed by atoms with E-state index in [1.165, 1.54) is 6.07 Å². The molecule has 0 aliphatic carbocycles. The van der Waals surface area contributed by atoms with Crippen molar-refractivity contribution in [2.24, 2.45) is 0 Å². The smallest absolute Gasteiger partial charge is 0.344 e. The van der Waals surface area contributed by atoms with Crippen molar-refractivity contribution in [3.8, 4) is 5.75 Å². The topological polar surface area (TPSA) is 64.6 Å². The third kappa shape index (κ3) is 5.85. The minimum Gasteiger partial charge on any atom is -0.480 e. The van der Waals surface area contributed by atoms with Crippen molar-refractivity contribution in [1.29, 1.82) is 0 Å². The summed E-state index contributed by atoms with van der Waals surface area (Å²) in [5.74, 6) is -0.808. The van der Waals surface area contributed by atoms with Crippen LogP contribution in [0, 0.1) is 3.57 Å². The Morgan fingerprint density at radius 3 is 2.54 bits per heavy atom.